The smallest absolute Gasteiger partial charge is 0.294 e. The van der Waals surface area contributed by atoms with Crippen molar-refractivity contribution in [1.29, 1.82) is 0 Å². The highest BCUT2D eigenvalue weighted by Gasteiger charge is 2.36. The molecule has 1 aliphatic heterocycles. The van der Waals surface area contributed by atoms with E-state index < -0.39 is 28.5 Å². The first kappa shape index (κ1) is 25.7. The average Bonchev–Trinajstić information content (AvgIpc) is 3.38. The van der Waals surface area contributed by atoms with Crippen molar-refractivity contribution < 1.29 is 23.7 Å². The summed E-state index contributed by atoms with van der Waals surface area (Å²) in [4.78, 5) is 49.5. The molecule has 1 N–H and O–H groups in total. The highest BCUT2D eigenvalue weighted by molar-refractivity contribution is 9.10. The fourth-order valence-electron chi connectivity index (χ4n) is 3.41. The Morgan fingerprint density at radius 2 is 1.92 bits per heavy atom. The van der Waals surface area contributed by atoms with Crippen LogP contribution < -0.4 is 5.32 Å². The van der Waals surface area contributed by atoms with Crippen LogP contribution in [0.4, 0.5) is 16.2 Å². The molecule has 184 valence electrons. The van der Waals surface area contributed by atoms with Gasteiger partial charge >= 0.3 is 0 Å². The number of carbonyl (C=O) groups excluding carboxylic acids is 3. The Kier molecular flexibility index (Phi) is 7.34. The van der Waals surface area contributed by atoms with E-state index in [0.29, 0.717) is 32.5 Å². The largest absolute Gasteiger partial charge is 0.456 e. The molecule has 3 amide bonds. The third-order valence-corrected chi connectivity index (χ3v) is 7.49. The number of benzene rings is 2. The lowest BCUT2D eigenvalue weighted by molar-refractivity contribution is -0.384. The Bertz CT molecular complexity index is 1470. The average molecular weight is 591 g/mol. The number of imide groups is 1. The molecule has 1 aliphatic rings. The van der Waals surface area contributed by atoms with Crippen LogP contribution >= 0.6 is 39.3 Å². The molecule has 1 saturated heterocycles. The minimum absolute atomic E-state index is 0.0648. The van der Waals surface area contributed by atoms with Crippen molar-refractivity contribution in [1.82, 2.24) is 4.90 Å². The summed E-state index contributed by atoms with van der Waals surface area (Å²) in [6.07, 6.45) is 1.37. The van der Waals surface area contributed by atoms with Gasteiger partial charge in [-0.1, -0.05) is 11.6 Å². The van der Waals surface area contributed by atoms with Gasteiger partial charge in [0.1, 0.15) is 18.1 Å². The molecule has 2 aromatic carbocycles. The van der Waals surface area contributed by atoms with Gasteiger partial charge in [-0.05, 0) is 89.1 Å². The predicted octanol–water partition coefficient (Wildman–Crippen LogP) is 6.56. The van der Waals surface area contributed by atoms with E-state index in [-0.39, 0.29) is 22.1 Å². The number of nitrogens with zero attached hydrogens (tertiary/aromatic N) is 2. The fraction of sp³-hybridized carbons (Fsp3) is 0.125. The van der Waals surface area contributed by atoms with E-state index in [1.807, 2.05) is 6.92 Å². The number of hydrogen-bond donors (Lipinski definition) is 1. The van der Waals surface area contributed by atoms with Crippen LogP contribution in [0.5, 0.6) is 0 Å². The Labute approximate surface area is 222 Å². The summed E-state index contributed by atoms with van der Waals surface area (Å²) in [5, 5.41) is 13.9. The first-order valence-electron chi connectivity index (χ1n) is 10.4. The van der Waals surface area contributed by atoms with Crippen molar-refractivity contribution in [2.75, 3.05) is 11.9 Å². The van der Waals surface area contributed by atoms with Gasteiger partial charge in [0.05, 0.1) is 20.4 Å². The summed E-state index contributed by atoms with van der Waals surface area (Å²) in [7, 11) is 0. The number of carbonyl (C=O) groups is 3. The molecule has 0 radical (unpaired) electrons. The van der Waals surface area contributed by atoms with Gasteiger partial charge in [0.25, 0.3) is 16.8 Å². The van der Waals surface area contributed by atoms with Crippen LogP contribution in [0.3, 0.4) is 0 Å². The Morgan fingerprint density at radius 3 is 2.61 bits per heavy atom. The van der Waals surface area contributed by atoms with Gasteiger partial charge in [0.15, 0.2) is 0 Å². The van der Waals surface area contributed by atoms with E-state index >= 15 is 0 Å². The van der Waals surface area contributed by atoms with Gasteiger partial charge in [0, 0.05) is 22.3 Å². The van der Waals surface area contributed by atoms with Crippen LogP contribution in [-0.4, -0.2) is 33.4 Å². The second-order valence-corrected chi connectivity index (χ2v) is 10.1. The zero-order chi connectivity index (χ0) is 26.1. The Morgan fingerprint density at radius 1 is 1.19 bits per heavy atom. The molecule has 36 heavy (non-hydrogen) atoms. The van der Waals surface area contributed by atoms with E-state index in [9.17, 15) is 24.5 Å². The molecule has 1 fully saturated rings. The maximum Gasteiger partial charge on any atom is 0.294 e. The second kappa shape index (κ2) is 10.3. The summed E-state index contributed by atoms with van der Waals surface area (Å²) in [5.74, 6) is -0.733. The Balaban J connectivity index is 1.51. The number of aryl methyl sites for hydroxylation is 2. The van der Waals surface area contributed by atoms with Crippen molar-refractivity contribution in [3.8, 4) is 11.3 Å². The van der Waals surface area contributed by atoms with E-state index in [1.54, 1.807) is 37.3 Å². The molecule has 0 atom stereocenters. The number of amides is 3. The number of thioether (sulfide) groups is 1. The zero-order valence-corrected chi connectivity index (χ0v) is 22.0. The van der Waals surface area contributed by atoms with Crippen molar-refractivity contribution in [2.24, 2.45) is 0 Å². The quantitative estimate of drug-likeness (QED) is 0.196. The maximum atomic E-state index is 12.8. The van der Waals surface area contributed by atoms with Crippen LogP contribution in [0.1, 0.15) is 16.9 Å². The third-order valence-electron chi connectivity index (χ3n) is 5.35. The van der Waals surface area contributed by atoms with Gasteiger partial charge in [-0.25, -0.2) is 0 Å². The second-order valence-electron chi connectivity index (χ2n) is 7.86. The number of nitro benzene ring substituents is 1. The number of hydrogen-bond acceptors (Lipinski definition) is 7. The minimum atomic E-state index is -0.649. The van der Waals surface area contributed by atoms with Crippen molar-refractivity contribution in [3.05, 3.63) is 83.9 Å². The molecule has 0 unspecified atom stereocenters. The highest BCUT2D eigenvalue weighted by atomic mass is 79.9. The first-order chi connectivity index (χ1) is 17.0. The van der Waals surface area contributed by atoms with Crippen molar-refractivity contribution in [3.63, 3.8) is 0 Å². The summed E-state index contributed by atoms with van der Waals surface area (Å²) >= 11 is 9.95. The molecule has 0 saturated carbocycles. The lowest BCUT2D eigenvalue weighted by Gasteiger charge is -2.12. The van der Waals surface area contributed by atoms with E-state index in [1.165, 1.54) is 18.2 Å². The molecule has 1 aromatic heterocycles. The zero-order valence-electron chi connectivity index (χ0n) is 18.8. The van der Waals surface area contributed by atoms with E-state index in [4.69, 9.17) is 16.0 Å². The number of halogens is 2. The summed E-state index contributed by atoms with van der Waals surface area (Å²) in [5.41, 5.74) is 2.26. The van der Waals surface area contributed by atoms with Gasteiger partial charge in [-0.3, -0.25) is 29.4 Å². The molecule has 4 rings (SSSR count). The fourth-order valence-corrected chi connectivity index (χ4v) is 4.65. The third kappa shape index (κ3) is 5.38. The molecular weight excluding hydrogens is 574 g/mol. The summed E-state index contributed by atoms with van der Waals surface area (Å²) in [6.45, 7) is 3.14. The topological polar surface area (TPSA) is 123 Å². The number of furan rings is 1. The lowest BCUT2D eigenvalue weighted by atomic mass is 10.0. The van der Waals surface area contributed by atoms with Crippen LogP contribution in [0.2, 0.25) is 5.02 Å². The van der Waals surface area contributed by atoms with Crippen molar-refractivity contribution >= 4 is 73.8 Å². The van der Waals surface area contributed by atoms with Gasteiger partial charge in [-0.15, -0.1) is 0 Å². The Hall–Kier alpha value is -3.41. The van der Waals surface area contributed by atoms with Gasteiger partial charge < -0.3 is 9.73 Å². The number of nitro groups is 1. The van der Waals surface area contributed by atoms with E-state index in [0.717, 1.165) is 16.0 Å². The van der Waals surface area contributed by atoms with Crippen LogP contribution in [0.15, 0.2) is 56.3 Å². The molecule has 0 aliphatic carbocycles. The van der Waals surface area contributed by atoms with Crippen LogP contribution in [0.25, 0.3) is 17.4 Å². The first-order valence-corrected chi connectivity index (χ1v) is 12.4. The van der Waals surface area contributed by atoms with Crippen molar-refractivity contribution in [2.45, 2.75) is 13.8 Å². The van der Waals surface area contributed by atoms with Gasteiger partial charge in [-0.2, -0.15) is 0 Å². The highest BCUT2D eigenvalue weighted by Crippen LogP contribution is 2.36. The molecule has 9 nitrogen and oxygen atoms in total. The molecule has 2 heterocycles. The lowest BCUT2D eigenvalue weighted by Crippen LogP contribution is -2.36. The number of rotatable bonds is 6. The standard InChI is InChI=1S/C24H17BrClN3O6S/c1-12-7-16(19(29(33)34)8-13(12)2)20-6-4-15(35-20)10-21-23(31)28(24(32)36-21)11-22(30)27-14-3-5-17(25)18(26)9-14/h3-10H,11H2,1-2H3,(H,27,30)/b21-10-. The minimum Gasteiger partial charge on any atom is -0.456 e. The van der Waals surface area contributed by atoms with E-state index in [2.05, 4.69) is 21.2 Å². The van der Waals surface area contributed by atoms with Crippen LogP contribution in [-0.2, 0) is 9.59 Å². The molecule has 3 aromatic rings. The maximum absolute atomic E-state index is 12.8. The van der Waals surface area contributed by atoms with Crippen LogP contribution in [0, 0.1) is 24.0 Å². The monoisotopic (exact) mass is 589 g/mol. The van der Waals surface area contributed by atoms with Gasteiger partial charge in [0.2, 0.25) is 5.91 Å². The molecule has 0 bridgehead atoms. The molecule has 12 heteroatoms. The predicted molar refractivity (Wildman–Crippen MR) is 141 cm³/mol. The number of nitrogens with one attached hydrogen (secondary N) is 1. The summed E-state index contributed by atoms with van der Waals surface area (Å²) < 4.78 is 6.40. The SMILES string of the molecule is Cc1cc(-c2ccc(/C=C3\SC(=O)N(CC(=O)Nc4ccc(Br)c(Cl)c4)C3=O)o2)c([N+](=O)[O-])cc1C. The molecular formula is C24H17BrClN3O6S. The number of anilines is 1. The molecule has 0 spiro atoms. The normalized spacial score (nSPS) is 14.6. The summed E-state index contributed by atoms with van der Waals surface area (Å²) in [6, 6.07) is 11.1.